The molecule has 0 atom stereocenters. The Morgan fingerprint density at radius 1 is 1.09 bits per heavy atom. The van der Waals surface area contributed by atoms with Gasteiger partial charge in [0.2, 0.25) is 5.91 Å². The third-order valence-electron chi connectivity index (χ3n) is 3.14. The minimum absolute atomic E-state index is 0.0764. The molecule has 3 N–H and O–H groups in total. The number of aliphatic hydroxyl groups excluding tert-OH is 1. The maximum absolute atomic E-state index is 11.9. The third kappa shape index (κ3) is 5.50. The van der Waals surface area contributed by atoms with E-state index in [4.69, 9.17) is 5.11 Å². The molecule has 0 aliphatic carbocycles. The van der Waals surface area contributed by atoms with Crippen LogP contribution in [0.4, 0.5) is 5.69 Å². The van der Waals surface area contributed by atoms with E-state index in [0.29, 0.717) is 11.3 Å². The van der Waals surface area contributed by atoms with E-state index in [1.54, 1.807) is 48.5 Å². The van der Waals surface area contributed by atoms with Crippen LogP contribution in [0.2, 0.25) is 0 Å². The molecule has 2 aromatic rings. The van der Waals surface area contributed by atoms with Crippen molar-refractivity contribution in [2.24, 2.45) is 0 Å². The fraction of sp³-hybridized carbons (Fsp3) is 0.176. The highest BCUT2D eigenvalue weighted by Crippen LogP contribution is 2.11. The number of halogens is 1. The summed E-state index contributed by atoms with van der Waals surface area (Å²) in [5.41, 5.74) is 1.90. The van der Waals surface area contributed by atoms with Gasteiger partial charge in [0.05, 0.1) is 6.61 Å². The van der Waals surface area contributed by atoms with Crippen molar-refractivity contribution < 1.29 is 14.7 Å². The average molecular weight is 377 g/mol. The molecule has 0 heterocycles. The van der Waals surface area contributed by atoms with Gasteiger partial charge in [0.1, 0.15) is 0 Å². The lowest BCUT2D eigenvalue weighted by atomic mass is 10.2. The summed E-state index contributed by atoms with van der Waals surface area (Å²) in [7, 11) is 0. The molecule has 120 valence electrons. The van der Waals surface area contributed by atoms with Gasteiger partial charge >= 0.3 is 0 Å². The summed E-state index contributed by atoms with van der Waals surface area (Å²) in [5.74, 6) is -0.413. The van der Waals surface area contributed by atoms with Crippen LogP contribution in [-0.4, -0.2) is 23.5 Å². The van der Waals surface area contributed by atoms with E-state index in [2.05, 4.69) is 26.6 Å². The summed E-state index contributed by atoms with van der Waals surface area (Å²) in [4.78, 5) is 23.7. The summed E-state index contributed by atoms with van der Waals surface area (Å²) in [6, 6.07) is 14.0. The smallest absolute Gasteiger partial charge is 0.251 e. The highest BCUT2D eigenvalue weighted by atomic mass is 79.9. The van der Waals surface area contributed by atoms with Crippen LogP contribution in [0.3, 0.4) is 0 Å². The van der Waals surface area contributed by atoms with Crippen LogP contribution in [0.5, 0.6) is 0 Å². The number of hydrogen-bond donors (Lipinski definition) is 3. The number of anilines is 1. The molecule has 0 radical (unpaired) electrons. The summed E-state index contributed by atoms with van der Waals surface area (Å²) in [5, 5.41) is 14.5. The van der Waals surface area contributed by atoms with E-state index in [1.165, 1.54) is 0 Å². The molecule has 0 aliphatic heterocycles. The van der Waals surface area contributed by atoms with Gasteiger partial charge in [-0.15, -0.1) is 0 Å². The molecule has 6 heteroatoms. The fourth-order valence-electron chi connectivity index (χ4n) is 1.96. The Morgan fingerprint density at radius 3 is 2.52 bits per heavy atom. The normalized spacial score (nSPS) is 10.2. The minimum atomic E-state index is -0.215. The summed E-state index contributed by atoms with van der Waals surface area (Å²) in [6.45, 7) is 0.174. The molecule has 0 fully saturated rings. The molecule has 2 amide bonds. The molecular formula is C17H17BrN2O3. The molecule has 0 aliphatic rings. The number of amides is 2. The Hall–Kier alpha value is -2.18. The van der Waals surface area contributed by atoms with Crippen molar-refractivity contribution in [3.8, 4) is 0 Å². The second kappa shape index (κ2) is 8.45. The molecule has 23 heavy (non-hydrogen) atoms. The molecule has 0 unspecified atom stereocenters. The molecule has 5 nitrogen and oxygen atoms in total. The Morgan fingerprint density at radius 2 is 1.83 bits per heavy atom. The first-order valence-corrected chi connectivity index (χ1v) is 7.91. The first-order valence-electron chi connectivity index (χ1n) is 7.12. The van der Waals surface area contributed by atoms with Gasteiger partial charge < -0.3 is 15.7 Å². The number of hydrogen-bond acceptors (Lipinski definition) is 3. The Balaban J connectivity index is 1.78. The van der Waals surface area contributed by atoms with Gasteiger partial charge in [-0.05, 0) is 42.0 Å². The van der Waals surface area contributed by atoms with Crippen molar-refractivity contribution in [2.45, 2.75) is 13.0 Å². The number of nitrogens with one attached hydrogen (secondary N) is 2. The number of benzene rings is 2. The van der Waals surface area contributed by atoms with Crippen molar-refractivity contribution in [1.82, 2.24) is 5.32 Å². The lowest BCUT2D eigenvalue weighted by Crippen LogP contribution is -2.27. The second-order valence-electron chi connectivity index (χ2n) is 4.92. The molecule has 0 saturated carbocycles. The maximum Gasteiger partial charge on any atom is 0.251 e. The quantitative estimate of drug-likeness (QED) is 0.725. The van der Waals surface area contributed by atoms with Crippen molar-refractivity contribution >= 4 is 33.4 Å². The van der Waals surface area contributed by atoms with Gasteiger partial charge in [0.25, 0.3) is 5.91 Å². The molecule has 0 bridgehead atoms. The van der Waals surface area contributed by atoms with E-state index < -0.39 is 0 Å². The predicted octanol–water partition coefficient (Wildman–Crippen LogP) is 2.70. The van der Waals surface area contributed by atoms with Crippen LogP contribution in [-0.2, 0) is 11.4 Å². The average Bonchev–Trinajstić information content (AvgIpc) is 2.55. The van der Waals surface area contributed by atoms with Crippen molar-refractivity contribution in [2.75, 3.05) is 11.9 Å². The first-order chi connectivity index (χ1) is 11.1. The standard InChI is InChI=1S/C17H17BrN2O3/c18-14-6-4-13(5-7-14)17(23)19-9-8-16(22)20-15-3-1-2-12(10-15)11-21/h1-7,10,21H,8-9,11H2,(H,19,23)(H,20,22). The molecule has 0 saturated heterocycles. The van der Waals surface area contributed by atoms with E-state index in [1.807, 2.05) is 0 Å². The van der Waals surface area contributed by atoms with E-state index >= 15 is 0 Å². The number of carbonyl (C=O) groups is 2. The van der Waals surface area contributed by atoms with Crippen molar-refractivity contribution in [3.63, 3.8) is 0 Å². The van der Waals surface area contributed by atoms with Crippen LogP contribution in [0, 0.1) is 0 Å². The van der Waals surface area contributed by atoms with Gasteiger partial charge in [-0.3, -0.25) is 9.59 Å². The molecule has 0 aromatic heterocycles. The minimum Gasteiger partial charge on any atom is -0.392 e. The molecule has 0 spiro atoms. The Kier molecular flexibility index (Phi) is 6.31. The van der Waals surface area contributed by atoms with Gasteiger partial charge in [-0.25, -0.2) is 0 Å². The van der Waals surface area contributed by atoms with E-state index in [9.17, 15) is 9.59 Å². The zero-order valence-corrected chi connectivity index (χ0v) is 14.0. The number of carbonyl (C=O) groups excluding carboxylic acids is 2. The molecular weight excluding hydrogens is 360 g/mol. The van der Waals surface area contributed by atoms with Gasteiger partial charge in [-0.1, -0.05) is 28.1 Å². The topological polar surface area (TPSA) is 78.4 Å². The zero-order chi connectivity index (χ0) is 16.7. The summed E-state index contributed by atoms with van der Waals surface area (Å²) >= 11 is 3.31. The Bertz CT molecular complexity index is 686. The molecule has 2 aromatic carbocycles. The second-order valence-corrected chi connectivity index (χ2v) is 5.84. The largest absolute Gasteiger partial charge is 0.392 e. The zero-order valence-electron chi connectivity index (χ0n) is 12.4. The fourth-order valence-corrected chi connectivity index (χ4v) is 2.23. The van der Waals surface area contributed by atoms with Gasteiger partial charge in [0.15, 0.2) is 0 Å². The van der Waals surface area contributed by atoms with Crippen LogP contribution in [0.1, 0.15) is 22.3 Å². The van der Waals surface area contributed by atoms with Crippen molar-refractivity contribution in [3.05, 3.63) is 64.1 Å². The van der Waals surface area contributed by atoms with Gasteiger partial charge in [-0.2, -0.15) is 0 Å². The first kappa shape index (κ1) is 17.2. The lowest BCUT2D eigenvalue weighted by Gasteiger charge is -2.08. The molecule has 2 rings (SSSR count). The monoisotopic (exact) mass is 376 g/mol. The highest BCUT2D eigenvalue weighted by molar-refractivity contribution is 9.10. The third-order valence-corrected chi connectivity index (χ3v) is 3.67. The van der Waals surface area contributed by atoms with Crippen LogP contribution < -0.4 is 10.6 Å². The lowest BCUT2D eigenvalue weighted by molar-refractivity contribution is -0.116. The van der Waals surface area contributed by atoms with Gasteiger partial charge in [0, 0.05) is 28.7 Å². The van der Waals surface area contributed by atoms with Crippen LogP contribution in [0.15, 0.2) is 53.0 Å². The van der Waals surface area contributed by atoms with E-state index in [-0.39, 0.29) is 31.4 Å². The highest BCUT2D eigenvalue weighted by Gasteiger charge is 2.07. The SMILES string of the molecule is O=C(CCNC(=O)c1ccc(Br)cc1)Nc1cccc(CO)c1. The summed E-state index contributed by atoms with van der Waals surface area (Å²) in [6.07, 6.45) is 0.172. The van der Waals surface area contributed by atoms with Crippen LogP contribution in [0.25, 0.3) is 0 Å². The number of rotatable bonds is 6. The Labute approximate surface area is 142 Å². The van der Waals surface area contributed by atoms with Crippen molar-refractivity contribution in [1.29, 1.82) is 0 Å². The van der Waals surface area contributed by atoms with E-state index in [0.717, 1.165) is 10.0 Å². The number of aliphatic hydroxyl groups is 1. The maximum atomic E-state index is 11.9. The van der Waals surface area contributed by atoms with Crippen LogP contribution >= 0.6 is 15.9 Å². The summed E-state index contributed by atoms with van der Waals surface area (Å²) < 4.78 is 0.901. The predicted molar refractivity (Wildman–Crippen MR) is 92.1 cm³/mol.